The number of ketones is 1. The number of carboxylic acid groups (broad SMARTS) is 1. The van der Waals surface area contributed by atoms with Crippen LogP contribution in [0, 0.1) is 0 Å². The molecule has 0 amide bonds. The fourth-order valence-corrected chi connectivity index (χ4v) is 1.79. The first-order chi connectivity index (χ1) is 7.95. The lowest BCUT2D eigenvalue weighted by atomic mass is 9.91. The van der Waals surface area contributed by atoms with E-state index in [1.165, 1.54) is 18.2 Å². The molecular weight excluding hydrogens is 224 g/mol. The molecule has 5 heteroatoms. The molecule has 0 bridgehead atoms. The molecule has 90 valence electrons. The maximum atomic E-state index is 11.9. The van der Waals surface area contributed by atoms with Crippen LogP contribution in [-0.4, -0.2) is 34.2 Å². The van der Waals surface area contributed by atoms with Gasteiger partial charge in [0.05, 0.1) is 24.2 Å². The second-order valence-corrected chi connectivity index (χ2v) is 4.33. The van der Waals surface area contributed by atoms with Crippen molar-refractivity contribution < 1.29 is 24.5 Å². The molecule has 1 atom stereocenters. The number of rotatable bonds is 2. The lowest BCUT2D eigenvalue weighted by Gasteiger charge is -2.33. The minimum absolute atomic E-state index is 0.0412. The predicted octanol–water partition coefficient (Wildman–Crippen LogP) is 1.10. The average Bonchev–Trinajstić information content (AvgIpc) is 2.28. The number of carbonyl (C=O) groups excluding carboxylic acids is 1. The minimum atomic E-state index is -1.09. The Morgan fingerprint density at radius 1 is 1.53 bits per heavy atom. The molecule has 1 aromatic rings. The Morgan fingerprint density at radius 3 is 2.82 bits per heavy atom. The van der Waals surface area contributed by atoms with E-state index in [0.29, 0.717) is 5.75 Å². The van der Waals surface area contributed by atoms with Crippen molar-refractivity contribution in [3.8, 4) is 5.75 Å². The summed E-state index contributed by atoms with van der Waals surface area (Å²) in [6.07, 6.45) is 0.0412. The van der Waals surface area contributed by atoms with Crippen molar-refractivity contribution in [2.45, 2.75) is 18.9 Å². The second kappa shape index (κ2) is 3.85. The van der Waals surface area contributed by atoms with Gasteiger partial charge in [-0.3, -0.25) is 4.79 Å². The van der Waals surface area contributed by atoms with E-state index in [9.17, 15) is 9.59 Å². The van der Waals surface area contributed by atoms with Crippen LogP contribution in [0.4, 0.5) is 0 Å². The first kappa shape index (κ1) is 11.6. The van der Waals surface area contributed by atoms with Gasteiger partial charge < -0.3 is 14.9 Å². The van der Waals surface area contributed by atoms with Gasteiger partial charge in [0.25, 0.3) is 0 Å². The molecule has 1 aliphatic rings. The molecule has 0 radical (unpaired) electrons. The van der Waals surface area contributed by atoms with Gasteiger partial charge in [0.15, 0.2) is 5.78 Å². The van der Waals surface area contributed by atoms with Crippen LogP contribution in [0.15, 0.2) is 18.2 Å². The zero-order valence-corrected chi connectivity index (χ0v) is 9.27. The zero-order valence-electron chi connectivity index (χ0n) is 9.27. The normalized spacial score (nSPS) is 22.8. The van der Waals surface area contributed by atoms with Crippen molar-refractivity contribution in [1.29, 1.82) is 0 Å². The standard InChI is InChI=1S/C12H12O5/c1-12(6-13)5-9(14)8-4-7(11(15)16)2-3-10(8)17-12/h2-4,13H,5-6H2,1H3,(H,15,16). The van der Waals surface area contributed by atoms with E-state index < -0.39 is 11.6 Å². The van der Waals surface area contributed by atoms with E-state index in [4.69, 9.17) is 14.9 Å². The van der Waals surface area contributed by atoms with Gasteiger partial charge in [-0.2, -0.15) is 0 Å². The highest BCUT2D eigenvalue weighted by molar-refractivity contribution is 6.02. The smallest absolute Gasteiger partial charge is 0.335 e. The third-order valence-corrected chi connectivity index (χ3v) is 2.75. The third kappa shape index (κ3) is 2.01. The van der Waals surface area contributed by atoms with Gasteiger partial charge in [-0.1, -0.05) is 0 Å². The molecule has 17 heavy (non-hydrogen) atoms. The molecule has 0 aliphatic carbocycles. The first-order valence-corrected chi connectivity index (χ1v) is 5.16. The van der Waals surface area contributed by atoms with Crippen LogP contribution in [0.2, 0.25) is 0 Å². The number of carbonyl (C=O) groups is 2. The Kier molecular flexibility index (Phi) is 2.63. The number of fused-ring (bicyclic) bond motifs is 1. The van der Waals surface area contributed by atoms with Crippen molar-refractivity contribution in [2.75, 3.05) is 6.61 Å². The molecule has 2 N–H and O–H groups in total. The quantitative estimate of drug-likeness (QED) is 0.803. The van der Waals surface area contributed by atoms with E-state index >= 15 is 0 Å². The molecule has 0 saturated carbocycles. The Balaban J connectivity index is 2.45. The molecule has 1 unspecified atom stereocenters. The maximum absolute atomic E-state index is 11.9. The van der Waals surface area contributed by atoms with Crippen molar-refractivity contribution >= 4 is 11.8 Å². The van der Waals surface area contributed by atoms with Crippen molar-refractivity contribution in [2.24, 2.45) is 0 Å². The van der Waals surface area contributed by atoms with E-state index in [1.54, 1.807) is 6.92 Å². The predicted molar refractivity (Wildman–Crippen MR) is 58.5 cm³/mol. The summed E-state index contributed by atoms with van der Waals surface area (Å²) in [6.45, 7) is 1.37. The Bertz CT molecular complexity index is 494. The van der Waals surface area contributed by atoms with Gasteiger partial charge in [0.1, 0.15) is 11.4 Å². The molecule has 0 spiro atoms. The topological polar surface area (TPSA) is 83.8 Å². The molecular formula is C12H12O5. The van der Waals surface area contributed by atoms with Gasteiger partial charge in [-0.15, -0.1) is 0 Å². The number of benzene rings is 1. The van der Waals surface area contributed by atoms with Crippen LogP contribution < -0.4 is 4.74 Å². The van der Waals surface area contributed by atoms with Crippen molar-refractivity contribution in [3.05, 3.63) is 29.3 Å². The van der Waals surface area contributed by atoms with Crippen LogP contribution in [0.5, 0.6) is 5.75 Å². The van der Waals surface area contributed by atoms with Crippen LogP contribution in [0.3, 0.4) is 0 Å². The molecule has 1 aromatic carbocycles. The lowest BCUT2D eigenvalue weighted by molar-refractivity contribution is 0.0109. The fourth-order valence-electron chi connectivity index (χ4n) is 1.79. The summed E-state index contributed by atoms with van der Waals surface area (Å²) in [4.78, 5) is 22.6. The van der Waals surface area contributed by atoms with Crippen molar-refractivity contribution in [1.82, 2.24) is 0 Å². The summed E-state index contributed by atoms with van der Waals surface area (Å²) in [5.41, 5.74) is -0.612. The van der Waals surface area contributed by atoms with E-state index in [0.717, 1.165) is 0 Å². The molecule has 1 aliphatic heterocycles. The average molecular weight is 236 g/mol. The largest absolute Gasteiger partial charge is 0.484 e. The number of hydrogen-bond donors (Lipinski definition) is 2. The van der Waals surface area contributed by atoms with Gasteiger partial charge in [-0.05, 0) is 25.1 Å². The highest BCUT2D eigenvalue weighted by atomic mass is 16.5. The first-order valence-electron chi connectivity index (χ1n) is 5.16. The highest BCUT2D eigenvalue weighted by Gasteiger charge is 2.36. The summed E-state index contributed by atoms with van der Waals surface area (Å²) >= 11 is 0. The minimum Gasteiger partial charge on any atom is -0.484 e. The monoisotopic (exact) mass is 236 g/mol. The number of carboxylic acids is 1. The van der Waals surface area contributed by atoms with E-state index in [1.807, 2.05) is 0 Å². The van der Waals surface area contributed by atoms with Crippen LogP contribution in [0.25, 0.3) is 0 Å². The SMILES string of the molecule is CC1(CO)CC(=O)c2cc(C(=O)O)ccc2O1. The van der Waals surface area contributed by atoms with Crippen LogP contribution >= 0.6 is 0 Å². The maximum Gasteiger partial charge on any atom is 0.335 e. The Hall–Kier alpha value is -1.88. The summed E-state index contributed by atoms with van der Waals surface area (Å²) in [7, 11) is 0. The van der Waals surface area contributed by atoms with Gasteiger partial charge in [0, 0.05) is 0 Å². The Labute approximate surface area is 97.6 Å². The summed E-state index contributed by atoms with van der Waals surface area (Å²) in [5, 5.41) is 18.0. The molecule has 1 heterocycles. The third-order valence-electron chi connectivity index (χ3n) is 2.75. The van der Waals surface area contributed by atoms with E-state index in [2.05, 4.69) is 0 Å². The molecule has 5 nitrogen and oxygen atoms in total. The summed E-state index contributed by atoms with van der Waals surface area (Å²) in [6, 6.07) is 4.12. The summed E-state index contributed by atoms with van der Waals surface area (Å²) < 4.78 is 5.51. The highest BCUT2D eigenvalue weighted by Crippen LogP contribution is 2.33. The van der Waals surface area contributed by atoms with Crippen LogP contribution in [-0.2, 0) is 0 Å². The number of Topliss-reactive ketones (excluding diaryl/α,β-unsaturated/α-hetero) is 1. The summed E-state index contributed by atoms with van der Waals surface area (Å²) in [5.74, 6) is -0.982. The van der Waals surface area contributed by atoms with Gasteiger partial charge >= 0.3 is 5.97 Å². The lowest BCUT2D eigenvalue weighted by Crippen LogP contribution is -2.42. The number of aliphatic hydroxyl groups is 1. The molecule has 0 aromatic heterocycles. The number of aromatic carboxylic acids is 1. The Morgan fingerprint density at radius 2 is 2.24 bits per heavy atom. The van der Waals surface area contributed by atoms with Gasteiger partial charge in [0.2, 0.25) is 0 Å². The van der Waals surface area contributed by atoms with Crippen molar-refractivity contribution in [3.63, 3.8) is 0 Å². The van der Waals surface area contributed by atoms with E-state index in [-0.39, 0.29) is 29.9 Å². The number of aliphatic hydroxyl groups excluding tert-OH is 1. The van der Waals surface area contributed by atoms with Crippen LogP contribution in [0.1, 0.15) is 34.1 Å². The molecule has 0 saturated heterocycles. The number of hydrogen-bond acceptors (Lipinski definition) is 4. The van der Waals surface area contributed by atoms with Gasteiger partial charge in [-0.25, -0.2) is 4.79 Å². The molecule has 2 rings (SSSR count). The second-order valence-electron chi connectivity index (χ2n) is 4.33. The fraction of sp³-hybridized carbons (Fsp3) is 0.333. The zero-order chi connectivity index (χ0) is 12.6. The molecule has 0 fully saturated rings. The number of ether oxygens (including phenoxy) is 1.